The molecular weight excluding hydrogens is 365 g/mol. The van der Waals surface area contributed by atoms with E-state index in [1.54, 1.807) is 0 Å². The molecule has 1 aliphatic heterocycles. The summed E-state index contributed by atoms with van der Waals surface area (Å²) in [7, 11) is -0.355. The standard InChI is InChI=1S/C23H34BNO4/c1-22(2)23(3,4)29-24(28-22)19-14-12-17(13-15-19)9-8-16-25-20(21(26)27)18-10-6-5-7-11-18/h8-9,12-15,18,20,25H,5-7,10-11,16H2,1-4H3,(H,26,27)/b9-8+/t20-/m0/s1. The first kappa shape index (κ1) is 22.1. The Morgan fingerprint density at radius 2 is 1.72 bits per heavy atom. The van der Waals surface area contributed by atoms with Crippen molar-refractivity contribution < 1.29 is 19.2 Å². The summed E-state index contributed by atoms with van der Waals surface area (Å²) in [6.45, 7) is 8.75. The smallest absolute Gasteiger partial charge is 0.480 e. The zero-order valence-electron chi connectivity index (χ0n) is 18.1. The summed E-state index contributed by atoms with van der Waals surface area (Å²) in [5.74, 6) is -0.495. The molecule has 1 saturated heterocycles. The molecule has 0 aromatic heterocycles. The van der Waals surface area contributed by atoms with Gasteiger partial charge in [0.05, 0.1) is 11.2 Å². The second-order valence-corrected chi connectivity index (χ2v) is 9.28. The maximum absolute atomic E-state index is 11.6. The molecule has 6 heteroatoms. The fourth-order valence-corrected chi connectivity index (χ4v) is 4.06. The largest absolute Gasteiger partial charge is 0.494 e. The van der Waals surface area contributed by atoms with Crippen LogP contribution in [0.5, 0.6) is 0 Å². The van der Waals surface area contributed by atoms with Crippen molar-refractivity contribution in [2.24, 2.45) is 5.92 Å². The average molecular weight is 399 g/mol. The topological polar surface area (TPSA) is 67.8 Å². The molecule has 1 heterocycles. The summed E-state index contributed by atoms with van der Waals surface area (Å²) in [6.07, 6.45) is 9.53. The molecule has 0 unspecified atom stereocenters. The number of hydrogen-bond donors (Lipinski definition) is 2. The third-order valence-electron chi connectivity index (χ3n) is 6.62. The van der Waals surface area contributed by atoms with Crippen LogP contribution < -0.4 is 10.8 Å². The second kappa shape index (κ2) is 9.03. The summed E-state index contributed by atoms with van der Waals surface area (Å²) in [4.78, 5) is 11.6. The van der Waals surface area contributed by atoms with E-state index in [1.165, 1.54) is 6.42 Å². The minimum absolute atomic E-state index is 0.244. The molecular formula is C23H34BNO4. The van der Waals surface area contributed by atoms with E-state index in [4.69, 9.17) is 9.31 Å². The predicted octanol–water partition coefficient (Wildman–Crippen LogP) is 3.62. The van der Waals surface area contributed by atoms with Gasteiger partial charge in [-0.25, -0.2) is 0 Å². The van der Waals surface area contributed by atoms with Crippen LogP contribution in [0.15, 0.2) is 30.3 Å². The summed E-state index contributed by atoms with van der Waals surface area (Å²) >= 11 is 0. The van der Waals surface area contributed by atoms with E-state index in [1.807, 2.05) is 36.4 Å². The highest BCUT2D eigenvalue weighted by atomic mass is 16.7. The van der Waals surface area contributed by atoms with Crippen molar-refractivity contribution >= 4 is 24.6 Å². The molecule has 29 heavy (non-hydrogen) atoms. The van der Waals surface area contributed by atoms with E-state index in [-0.39, 0.29) is 24.2 Å². The molecule has 1 aromatic rings. The third kappa shape index (κ3) is 5.30. The van der Waals surface area contributed by atoms with Gasteiger partial charge in [-0.2, -0.15) is 0 Å². The van der Waals surface area contributed by atoms with Gasteiger partial charge in [0.1, 0.15) is 6.04 Å². The van der Waals surface area contributed by atoms with Gasteiger partial charge in [0, 0.05) is 6.54 Å². The Balaban J connectivity index is 1.53. The molecule has 158 valence electrons. The fraction of sp³-hybridized carbons (Fsp3) is 0.609. The van der Waals surface area contributed by atoms with Gasteiger partial charge in [-0.3, -0.25) is 4.79 Å². The zero-order chi connectivity index (χ0) is 21.1. The van der Waals surface area contributed by atoms with Crippen LogP contribution in [0.25, 0.3) is 6.08 Å². The number of benzene rings is 1. The molecule has 1 aliphatic carbocycles. The van der Waals surface area contributed by atoms with Gasteiger partial charge in [-0.05, 0) is 57.5 Å². The lowest BCUT2D eigenvalue weighted by molar-refractivity contribution is -0.141. The Kier molecular flexibility index (Phi) is 6.87. The van der Waals surface area contributed by atoms with Crippen LogP contribution in [0, 0.1) is 5.92 Å². The summed E-state index contributed by atoms with van der Waals surface area (Å²) in [5.41, 5.74) is 1.38. The molecule has 5 nitrogen and oxygen atoms in total. The van der Waals surface area contributed by atoms with Gasteiger partial charge >= 0.3 is 13.1 Å². The minimum atomic E-state index is -0.739. The first-order valence-corrected chi connectivity index (χ1v) is 10.8. The number of carboxylic acid groups (broad SMARTS) is 1. The quantitative estimate of drug-likeness (QED) is 0.686. The predicted molar refractivity (Wildman–Crippen MR) is 117 cm³/mol. The van der Waals surface area contributed by atoms with Crippen LogP contribution >= 0.6 is 0 Å². The molecule has 2 N–H and O–H groups in total. The Morgan fingerprint density at radius 1 is 1.14 bits per heavy atom. The molecule has 2 aliphatic rings. The van der Waals surface area contributed by atoms with Crippen molar-refractivity contribution in [3.63, 3.8) is 0 Å². The molecule has 0 bridgehead atoms. The van der Waals surface area contributed by atoms with Gasteiger partial charge < -0.3 is 19.7 Å². The van der Waals surface area contributed by atoms with Crippen molar-refractivity contribution in [1.82, 2.24) is 5.32 Å². The highest BCUT2D eigenvalue weighted by Crippen LogP contribution is 2.36. The third-order valence-corrected chi connectivity index (χ3v) is 6.62. The lowest BCUT2D eigenvalue weighted by Crippen LogP contribution is -2.43. The van der Waals surface area contributed by atoms with Crippen molar-refractivity contribution in [3.8, 4) is 0 Å². The van der Waals surface area contributed by atoms with Crippen molar-refractivity contribution in [2.45, 2.75) is 77.0 Å². The van der Waals surface area contributed by atoms with Gasteiger partial charge in [0.2, 0.25) is 0 Å². The average Bonchev–Trinajstić information content (AvgIpc) is 2.90. The van der Waals surface area contributed by atoms with Crippen LogP contribution in [0.2, 0.25) is 0 Å². The van der Waals surface area contributed by atoms with Crippen LogP contribution in [-0.4, -0.2) is 42.0 Å². The zero-order valence-corrected chi connectivity index (χ0v) is 18.1. The first-order chi connectivity index (χ1) is 13.7. The molecule has 0 radical (unpaired) electrons. The number of carboxylic acids is 1. The number of carbonyl (C=O) groups is 1. The summed E-state index contributed by atoms with van der Waals surface area (Å²) < 4.78 is 12.2. The Hall–Kier alpha value is -1.63. The minimum Gasteiger partial charge on any atom is -0.480 e. The lowest BCUT2D eigenvalue weighted by Gasteiger charge is -2.32. The van der Waals surface area contributed by atoms with Crippen molar-refractivity contribution in [3.05, 3.63) is 35.9 Å². The first-order valence-electron chi connectivity index (χ1n) is 10.8. The maximum Gasteiger partial charge on any atom is 0.494 e. The highest BCUT2D eigenvalue weighted by Gasteiger charge is 2.51. The van der Waals surface area contributed by atoms with E-state index < -0.39 is 12.0 Å². The van der Waals surface area contributed by atoms with Gasteiger partial charge in [0.25, 0.3) is 0 Å². The monoisotopic (exact) mass is 399 g/mol. The van der Waals surface area contributed by atoms with E-state index in [9.17, 15) is 9.90 Å². The van der Waals surface area contributed by atoms with Crippen LogP contribution in [0.3, 0.4) is 0 Å². The Bertz CT molecular complexity index is 707. The maximum atomic E-state index is 11.6. The SMILES string of the molecule is CC1(C)OB(c2ccc(/C=C/CN[C@H](C(=O)O)C3CCCCC3)cc2)OC1(C)C. The molecule has 2 fully saturated rings. The Labute approximate surface area is 175 Å². The normalized spacial score (nSPS) is 22.8. The number of aliphatic carboxylic acids is 1. The molecule has 1 aromatic carbocycles. The van der Waals surface area contributed by atoms with E-state index in [0.29, 0.717) is 6.54 Å². The lowest BCUT2D eigenvalue weighted by atomic mass is 9.79. The second-order valence-electron chi connectivity index (χ2n) is 9.28. The molecule has 0 spiro atoms. The van der Waals surface area contributed by atoms with E-state index in [0.717, 1.165) is 36.7 Å². The fourth-order valence-electron chi connectivity index (χ4n) is 4.06. The molecule has 1 saturated carbocycles. The van der Waals surface area contributed by atoms with Gasteiger partial charge in [-0.15, -0.1) is 0 Å². The van der Waals surface area contributed by atoms with Crippen LogP contribution in [0.4, 0.5) is 0 Å². The van der Waals surface area contributed by atoms with Crippen LogP contribution in [0.1, 0.15) is 65.4 Å². The Morgan fingerprint density at radius 3 is 2.28 bits per heavy atom. The molecule has 1 atom stereocenters. The number of nitrogens with one attached hydrogen (secondary N) is 1. The van der Waals surface area contributed by atoms with Crippen molar-refractivity contribution in [2.75, 3.05) is 6.54 Å². The summed E-state index contributed by atoms with van der Waals surface area (Å²) in [6, 6.07) is 7.67. The molecule has 3 rings (SSSR count). The van der Waals surface area contributed by atoms with Crippen molar-refractivity contribution in [1.29, 1.82) is 0 Å². The van der Waals surface area contributed by atoms with Crippen LogP contribution in [-0.2, 0) is 14.1 Å². The van der Waals surface area contributed by atoms with E-state index >= 15 is 0 Å². The highest BCUT2D eigenvalue weighted by molar-refractivity contribution is 6.62. The number of hydrogen-bond acceptors (Lipinski definition) is 4. The van der Waals surface area contributed by atoms with Gasteiger partial charge in [0.15, 0.2) is 0 Å². The summed E-state index contributed by atoms with van der Waals surface area (Å²) in [5, 5.41) is 12.7. The number of rotatable bonds is 7. The molecule has 0 amide bonds. The van der Waals surface area contributed by atoms with Gasteiger partial charge in [-0.1, -0.05) is 55.7 Å². The van der Waals surface area contributed by atoms with E-state index in [2.05, 4.69) is 33.0 Å².